The van der Waals surface area contributed by atoms with Gasteiger partial charge < -0.3 is 9.64 Å². The fraction of sp³-hybridized carbons (Fsp3) is 0.643. The standard InChI is InChI=1S/C14H21N3O/c1-12-3-4-13(9-15-12)16-5-7-17(8-6-16)14(2)10-18-11-14/h3-4,9H,5-8,10-11H2,1-2H3. The maximum absolute atomic E-state index is 5.35. The van der Waals surface area contributed by atoms with Crippen LogP contribution in [0.15, 0.2) is 18.3 Å². The van der Waals surface area contributed by atoms with Crippen LogP contribution >= 0.6 is 0 Å². The first-order chi connectivity index (χ1) is 8.67. The molecule has 2 aliphatic heterocycles. The van der Waals surface area contributed by atoms with E-state index in [-0.39, 0.29) is 5.54 Å². The van der Waals surface area contributed by atoms with Gasteiger partial charge in [-0.05, 0) is 26.0 Å². The highest BCUT2D eigenvalue weighted by atomic mass is 16.5. The van der Waals surface area contributed by atoms with Gasteiger partial charge in [0.15, 0.2) is 0 Å². The summed E-state index contributed by atoms with van der Waals surface area (Å²) >= 11 is 0. The molecule has 0 unspecified atom stereocenters. The van der Waals surface area contributed by atoms with Gasteiger partial charge in [-0.25, -0.2) is 0 Å². The minimum Gasteiger partial charge on any atom is -0.377 e. The second-order valence-corrected chi connectivity index (χ2v) is 5.62. The quantitative estimate of drug-likeness (QED) is 0.787. The maximum atomic E-state index is 5.35. The van der Waals surface area contributed by atoms with Crippen molar-refractivity contribution in [3.63, 3.8) is 0 Å². The molecule has 18 heavy (non-hydrogen) atoms. The van der Waals surface area contributed by atoms with Gasteiger partial charge in [0.1, 0.15) is 0 Å². The molecule has 4 nitrogen and oxygen atoms in total. The van der Waals surface area contributed by atoms with Crippen molar-refractivity contribution >= 4 is 5.69 Å². The Morgan fingerprint density at radius 1 is 1.17 bits per heavy atom. The van der Waals surface area contributed by atoms with Gasteiger partial charge in [0.25, 0.3) is 0 Å². The third-order valence-corrected chi connectivity index (χ3v) is 4.13. The largest absolute Gasteiger partial charge is 0.377 e. The molecule has 0 atom stereocenters. The van der Waals surface area contributed by atoms with Gasteiger partial charge in [-0.15, -0.1) is 0 Å². The van der Waals surface area contributed by atoms with Crippen LogP contribution in [0.1, 0.15) is 12.6 Å². The highest BCUT2D eigenvalue weighted by Gasteiger charge is 2.40. The zero-order valence-corrected chi connectivity index (χ0v) is 11.2. The molecule has 1 aromatic heterocycles. The smallest absolute Gasteiger partial charge is 0.0671 e. The van der Waals surface area contributed by atoms with E-state index in [0.29, 0.717) is 0 Å². The Morgan fingerprint density at radius 3 is 2.39 bits per heavy atom. The molecular weight excluding hydrogens is 226 g/mol. The fourth-order valence-corrected chi connectivity index (χ4v) is 2.73. The summed E-state index contributed by atoms with van der Waals surface area (Å²) in [4.78, 5) is 9.36. The Bertz CT molecular complexity index is 406. The first-order valence-corrected chi connectivity index (χ1v) is 6.68. The number of anilines is 1. The molecular formula is C14H21N3O. The lowest BCUT2D eigenvalue weighted by Crippen LogP contribution is -2.64. The summed E-state index contributed by atoms with van der Waals surface area (Å²) in [5.74, 6) is 0. The van der Waals surface area contributed by atoms with Gasteiger partial charge in [-0.2, -0.15) is 0 Å². The molecule has 0 amide bonds. The number of hydrogen-bond donors (Lipinski definition) is 0. The summed E-state index contributed by atoms with van der Waals surface area (Å²) in [7, 11) is 0. The van der Waals surface area contributed by atoms with Crippen LogP contribution in [0.3, 0.4) is 0 Å². The molecule has 0 N–H and O–H groups in total. The van der Waals surface area contributed by atoms with Crippen molar-refractivity contribution in [2.45, 2.75) is 19.4 Å². The fourth-order valence-electron chi connectivity index (χ4n) is 2.73. The number of hydrogen-bond acceptors (Lipinski definition) is 4. The summed E-state index contributed by atoms with van der Waals surface area (Å²) in [6.07, 6.45) is 1.99. The van der Waals surface area contributed by atoms with E-state index in [1.807, 2.05) is 13.1 Å². The van der Waals surface area contributed by atoms with Crippen LogP contribution < -0.4 is 4.90 Å². The first-order valence-electron chi connectivity index (χ1n) is 6.68. The van der Waals surface area contributed by atoms with Crippen molar-refractivity contribution in [2.24, 2.45) is 0 Å². The Morgan fingerprint density at radius 2 is 1.89 bits per heavy atom. The zero-order valence-electron chi connectivity index (χ0n) is 11.2. The molecule has 0 aliphatic carbocycles. The van der Waals surface area contributed by atoms with E-state index in [2.05, 4.69) is 33.8 Å². The molecule has 2 fully saturated rings. The second kappa shape index (κ2) is 4.52. The van der Waals surface area contributed by atoms with E-state index >= 15 is 0 Å². The summed E-state index contributed by atoms with van der Waals surface area (Å²) < 4.78 is 5.35. The van der Waals surface area contributed by atoms with E-state index in [1.54, 1.807) is 0 Å². The summed E-state index contributed by atoms with van der Waals surface area (Å²) in [5.41, 5.74) is 2.62. The van der Waals surface area contributed by atoms with E-state index in [0.717, 1.165) is 45.1 Å². The lowest BCUT2D eigenvalue weighted by molar-refractivity contribution is -0.131. The van der Waals surface area contributed by atoms with Crippen LogP contribution in [-0.2, 0) is 4.74 Å². The second-order valence-electron chi connectivity index (χ2n) is 5.62. The predicted molar refractivity (Wildman–Crippen MR) is 72.0 cm³/mol. The van der Waals surface area contributed by atoms with E-state index in [4.69, 9.17) is 4.74 Å². The van der Waals surface area contributed by atoms with Gasteiger partial charge in [-0.3, -0.25) is 9.88 Å². The van der Waals surface area contributed by atoms with E-state index in [1.165, 1.54) is 5.69 Å². The summed E-state index contributed by atoms with van der Waals surface area (Å²) in [6.45, 7) is 10.5. The average molecular weight is 247 g/mol. The van der Waals surface area contributed by atoms with Gasteiger partial charge >= 0.3 is 0 Å². The minimum absolute atomic E-state index is 0.289. The van der Waals surface area contributed by atoms with Crippen LogP contribution in [-0.4, -0.2) is 54.8 Å². The Labute approximate surface area is 109 Å². The van der Waals surface area contributed by atoms with Crippen molar-refractivity contribution in [3.8, 4) is 0 Å². The first kappa shape index (κ1) is 11.9. The maximum Gasteiger partial charge on any atom is 0.0671 e. The van der Waals surface area contributed by atoms with Gasteiger partial charge in [0.05, 0.1) is 30.6 Å². The van der Waals surface area contributed by atoms with Crippen molar-refractivity contribution in [1.29, 1.82) is 0 Å². The SMILES string of the molecule is Cc1ccc(N2CCN(C3(C)COC3)CC2)cn1. The average Bonchev–Trinajstić information content (AvgIpc) is 2.37. The topological polar surface area (TPSA) is 28.6 Å². The number of piperazine rings is 1. The Kier molecular flexibility index (Phi) is 2.99. The van der Waals surface area contributed by atoms with Crippen LogP contribution in [0.4, 0.5) is 5.69 Å². The molecule has 3 rings (SSSR count). The Hall–Kier alpha value is -1.13. The number of aryl methyl sites for hydroxylation is 1. The number of pyridine rings is 1. The van der Waals surface area contributed by atoms with Gasteiger partial charge in [-0.1, -0.05) is 0 Å². The molecule has 1 aromatic rings. The van der Waals surface area contributed by atoms with Gasteiger partial charge in [0, 0.05) is 31.9 Å². The van der Waals surface area contributed by atoms with Crippen LogP contribution in [0.25, 0.3) is 0 Å². The highest BCUT2D eigenvalue weighted by Crippen LogP contribution is 2.26. The molecule has 98 valence electrons. The molecule has 2 aliphatic rings. The van der Waals surface area contributed by atoms with E-state index in [9.17, 15) is 0 Å². The van der Waals surface area contributed by atoms with Crippen molar-refractivity contribution in [3.05, 3.63) is 24.0 Å². The number of nitrogens with zero attached hydrogens (tertiary/aromatic N) is 3. The van der Waals surface area contributed by atoms with Crippen LogP contribution in [0.2, 0.25) is 0 Å². The predicted octanol–water partition coefficient (Wildman–Crippen LogP) is 1.30. The van der Waals surface area contributed by atoms with Crippen molar-refractivity contribution < 1.29 is 4.74 Å². The van der Waals surface area contributed by atoms with Crippen LogP contribution in [0.5, 0.6) is 0 Å². The monoisotopic (exact) mass is 247 g/mol. The normalized spacial score (nSPS) is 23.8. The zero-order chi connectivity index (χ0) is 12.6. The molecule has 2 saturated heterocycles. The Balaban J connectivity index is 1.61. The molecule has 0 aromatic carbocycles. The van der Waals surface area contributed by atoms with Gasteiger partial charge in [0.2, 0.25) is 0 Å². The molecule has 0 radical (unpaired) electrons. The lowest BCUT2D eigenvalue weighted by atomic mass is 9.97. The van der Waals surface area contributed by atoms with Crippen molar-refractivity contribution in [2.75, 3.05) is 44.3 Å². The molecule has 0 bridgehead atoms. The summed E-state index contributed by atoms with van der Waals surface area (Å²) in [5, 5.41) is 0. The minimum atomic E-state index is 0.289. The number of aromatic nitrogens is 1. The van der Waals surface area contributed by atoms with Crippen LogP contribution in [0, 0.1) is 6.92 Å². The third kappa shape index (κ3) is 2.10. The number of ether oxygens (including phenoxy) is 1. The number of rotatable bonds is 2. The molecule has 0 spiro atoms. The molecule has 4 heteroatoms. The lowest BCUT2D eigenvalue weighted by Gasteiger charge is -2.50. The molecule has 0 saturated carbocycles. The molecule has 3 heterocycles. The third-order valence-electron chi connectivity index (χ3n) is 4.13. The van der Waals surface area contributed by atoms with Crippen molar-refractivity contribution in [1.82, 2.24) is 9.88 Å². The summed E-state index contributed by atoms with van der Waals surface area (Å²) in [6, 6.07) is 4.26. The van der Waals surface area contributed by atoms with E-state index < -0.39 is 0 Å². The highest BCUT2D eigenvalue weighted by molar-refractivity contribution is 5.45.